The number of hydrogen-bond donors (Lipinski definition) is 2. The maximum atomic E-state index is 12.0. The summed E-state index contributed by atoms with van der Waals surface area (Å²) in [5.41, 5.74) is 0. The molecule has 1 amide bonds. The van der Waals surface area contributed by atoms with E-state index in [-0.39, 0.29) is 17.8 Å². The Bertz CT molecular complexity index is 580. The van der Waals surface area contributed by atoms with Gasteiger partial charge in [-0.15, -0.1) is 16.9 Å². The zero-order chi connectivity index (χ0) is 15.9. The molecule has 0 bridgehead atoms. The van der Waals surface area contributed by atoms with Gasteiger partial charge in [0.1, 0.15) is 11.1 Å². The highest BCUT2D eigenvalue weighted by atomic mass is 32.2. The van der Waals surface area contributed by atoms with Crippen LogP contribution in [0.2, 0.25) is 0 Å². The van der Waals surface area contributed by atoms with Crippen LogP contribution < -0.4 is 0 Å². The molecule has 4 atom stereocenters. The van der Waals surface area contributed by atoms with Gasteiger partial charge in [0.2, 0.25) is 5.91 Å². The van der Waals surface area contributed by atoms with Crippen LogP contribution in [0.3, 0.4) is 0 Å². The smallest absolute Gasteiger partial charge is 0.321 e. The second kappa shape index (κ2) is 5.51. The van der Waals surface area contributed by atoms with Gasteiger partial charge in [0.15, 0.2) is 0 Å². The number of hydrogen-bond acceptors (Lipinski definition) is 7. The Kier molecular flexibility index (Phi) is 3.81. The van der Waals surface area contributed by atoms with Gasteiger partial charge >= 0.3 is 5.97 Å². The van der Waals surface area contributed by atoms with Gasteiger partial charge in [0.25, 0.3) is 0 Å². The number of aliphatic carboxylic acids is 1. The third-order valence-electron chi connectivity index (χ3n) is 4.22. The lowest BCUT2D eigenvalue weighted by Crippen LogP contribution is -2.60. The molecule has 3 rings (SSSR count). The molecule has 0 aromatic carbocycles. The van der Waals surface area contributed by atoms with Gasteiger partial charge in [-0.25, -0.2) is 4.68 Å². The summed E-state index contributed by atoms with van der Waals surface area (Å²) in [5.74, 6) is -1.57. The van der Waals surface area contributed by atoms with Crippen LogP contribution >= 0.6 is 11.8 Å². The summed E-state index contributed by atoms with van der Waals surface area (Å²) in [7, 11) is 0. The highest BCUT2D eigenvalue weighted by molar-refractivity contribution is 8.02. The van der Waals surface area contributed by atoms with E-state index in [4.69, 9.17) is 0 Å². The molecule has 0 radical (unpaired) electrons. The lowest BCUT2D eigenvalue weighted by atomic mass is 9.91. The lowest BCUT2D eigenvalue weighted by Gasteiger charge is -2.42. The Morgan fingerprint density at radius 2 is 2.41 bits per heavy atom. The first-order valence-corrected chi connectivity index (χ1v) is 7.93. The van der Waals surface area contributed by atoms with Crippen LogP contribution in [0, 0.1) is 5.92 Å². The van der Waals surface area contributed by atoms with Crippen molar-refractivity contribution in [1.29, 1.82) is 0 Å². The molecule has 0 spiro atoms. The molecule has 2 fully saturated rings. The molecule has 10 heteroatoms. The number of aryl methyl sites for hydroxylation is 1. The number of fused-ring (bicyclic) bond motifs is 1. The summed E-state index contributed by atoms with van der Waals surface area (Å²) in [6.07, 6.45) is 1.74. The summed E-state index contributed by atoms with van der Waals surface area (Å²) >= 11 is 1.28. The third kappa shape index (κ3) is 2.35. The van der Waals surface area contributed by atoms with Gasteiger partial charge in [-0.2, -0.15) is 0 Å². The average molecular weight is 327 g/mol. The van der Waals surface area contributed by atoms with Crippen molar-refractivity contribution < 1.29 is 19.8 Å². The minimum absolute atomic E-state index is 0.156. The normalized spacial score (nSPS) is 31.7. The first kappa shape index (κ1) is 15.2. The number of rotatable bonds is 6. The molecule has 3 heterocycles. The van der Waals surface area contributed by atoms with Gasteiger partial charge in [-0.3, -0.25) is 9.59 Å². The predicted octanol–water partition coefficient (Wildman–Crippen LogP) is -0.811. The molecule has 1 aromatic rings. The van der Waals surface area contributed by atoms with E-state index in [1.54, 1.807) is 16.5 Å². The summed E-state index contributed by atoms with van der Waals surface area (Å²) in [5, 5.41) is 29.9. The fraction of sp³-hybridized carbons (Fsp3) is 0.750. The molecule has 22 heavy (non-hydrogen) atoms. The number of tetrazole rings is 1. The van der Waals surface area contributed by atoms with Crippen molar-refractivity contribution in [3.8, 4) is 0 Å². The molecule has 2 saturated heterocycles. The predicted molar refractivity (Wildman–Crippen MR) is 75.7 cm³/mol. The van der Waals surface area contributed by atoms with Crippen molar-refractivity contribution in [3.63, 3.8) is 0 Å². The zero-order valence-corrected chi connectivity index (χ0v) is 12.8. The Morgan fingerprint density at radius 3 is 3.00 bits per heavy atom. The maximum absolute atomic E-state index is 12.0. The maximum Gasteiger partial charge on any atom is 0.321 e. The highest BCUT2D eigenvalue weighted by Gasteiger charge is 2.62. The summed E-state index contributed by atoms with van der Waals surface area (Å²) in [6, 6.07) is 0. The molecule has 0 saturated carbocycles. The first-order chi connectivity index (χ1) is 10.4. The number of carboxylic acid groups (broad SMARTS) is 1. The minimum Gasteiger partial charge on any atom is -0.480 e. The van der Waals surface area contributed by atoms with Crippen LogP contribution in [-0.4, -0.2) is 70.0 Å². The number of aliphatic hydroxyl groups is 1. The van der Waals surface area contributed by atoms with Gasteiger partial charge < -0.3 is 15.1 Å². The molecule has 1 unspecified atom stereocenters. The van der Waals surface area contributed by atoms with E-state index < -0.39 is 22.7 Å². The van der Waals surface area contributed by atoms with Crippen LogP contribution in [0.1, 0.15) is 19.8 Å². The number of nitrogens with zero attached hydrogens (tertiary/aromatic N) is 5. The molecular formula is C12H17N5O4S. The summed E-state index contributed by atoms with van der Waals surface area (Å²) in [4.78, 5) is 25.3. The van der Waals surface area contributed by atoms with Gasteiger partial charge in [-0.05, 0) is 30.2 Å². The largest absolute Gasteiger partial charge is 0.480 e. The Morgan fingerprint density at radius 1 is 1.64 bits per heavy atom. The van der Waals surface area contributed by atoms with Crippen LogP contribution in [0.15, 0.2) is 6.33 Å². The number of thioether (sulfide) groups is 1. The lowest BCUT2D eigenvalue weighted by molar-refractivity contribution is -0.156. The molecule has 2 aliphatic heterocycles. The number of aliphatic hydroxyl groups excluding tert-OH is 1. The first-order valence-electron chi connectivity index (χ1n) is 7.05. The van der Waals surface area contributed by atoms with Crippen LogP contribution in [0.5, 0.6) is 0 Å². The monoisotopic (exact) mass is 327 g/mol. The van der Waals surface area contributed by atoms with Gasteiger partial charge in [0, 0.05) is 13.1 Å². The average Bonchev–Trinajstić information content (AvgIpc) is 3.06. The van der Waals surface area contributed by atoms with Crippen LogP contribution in [0.25, 0.3) is 0 Å². The molecule has 2 aliphatic rings. The second-order valence-corrected chi connectivity index (χ2v) is 7.22. The standard InChI is InChI=1S/C12H17N5O4S/c1-7(18)8-9(19)17-5-12(11(20)21,22-10(8)17)3-2-4-16-6-13-14-15-16/h6-8,10,18H,2-5H2,1H3,(H,20,21)/t7-,8+,10-,12?/m1/s1. The highest BCUT2D eigenvalue weighted by Crippen LogP contribution is 2.52. The van der Waals surface area contributed by atoms with Crippen molar-refractivity contribution >= 4 is 23.6 Å². The van der Waals surface area contributed by atoms with Crippen molar-refractivity contribution in [2.24, 2.45) is 5.92 Å². The van der Waals surface area contributed by atoms with Crippen LogP contribution in [-0.2, 0) is 16.1 Å². The molecule has 2 N–H and O–H groups in total. The summed E-state index contributed by atoms with van der Waals surface area (Å²) < 4.78 is 0.534. The number of amides is 1. The Hall–Kier alpha value is -1.68. The van der Waals surface area contributed by atoms with Crippen molar-refractivity contribution in [3.05, 3.63) is 6.33 Å². The number of β-lactam (4-membered cyclic amide) rings is 1. The number of aromatic nitrogens is 4. The van der Waals surface area contributed by atoms with E-state index in [1.807, 2.05) is 0 Å². The van der Waals surface area contributed by atoms with E-state index >= 15 is 0 Å². The number of carboxylic acids is 1. The number of carbonyl (C=O) groups is 2. The van der Waals surface area contributed by atoms with Crippen molar-refractivity contribution in [2.75, 3.05) is 6.54 Å². The third-order valence-corrected chi connectivity index (χ3v) is 5.97. The van der Waals surface area contributed by atoms with E-state index in [0.717, 1.165) is 0 Å². The molecule has 0 aliphatic carbocycles. The van der Waals surface area contributed by atoms with E-state index in [9.17, 15) is 19.8 Å². The Balaban J connectivity index is 1.66. The fourth-order valence-corrected chi connectivity index (χ4v) is 4.85. The SMILES string of the molecule is C[C@@H](O)[C@H]1C(=O)N2CC(CCCn3cnnn3)(C(=O)O)S[C@H]12. The molecular weight excluding hydrogens is 310 g/mol. The quantitative estimate of drug-likeness (QED) is 0.651. The van der Waals surface area contributed by atoms with E-state index in [0.29, 0.717) is 19.4 Å². The zero-order valence-electron chi connectivity index (χ0n) is 12.0. The fourth-order valence-electron chi connectivity index (χ4n) is 3.02. The molecule has 120 valence electrons. The van der Waals surface area contributed by atoms with Crippen molar-refractivity contribution in [2.45, 2.75) is 42.5 Å². The van der Waals surface area contributed by atoms with E-state index in [1.165, 1.54) is 18.1 Å². The Labute approximate surface area is 130 Å². The van der Waals surface area contributed by atoms with Crippen molar-refractivity contribution in [1.82, 2.24) is 25.1 Å². The summed E-state index contributed by atoms with van der Waals surface area (Å²) in [6.45, 7) is 2.29. The topological polar surface area (TPSA) is 121 Å². The van der Waals surface area contributed by atoms with Gasteiger partial charge in [0.05, 0.1) is 17.4 Å². The van der Waals surface area contributed by atoms with E-state index in [2.05, 4.69) is 15.5 Å². The second-order valence-electron chi connectivity index (χ2n) is 5.72. The molecule has 1 aromatic heterocycles. The van der Waals surface area contributed by atoms with Gasteiger partial charge in [-0.1, -0.05) is 0 Å². The number of carbonyl (C=O) groups excluding carboxylic acids is 1. The molecule has 9 nitrogen and oxygen atoms in total. The van der Waals surface area contributed by atoms with Crippen LogP contribution in [0.4, 0.5) is 0 Å². The minimum atomic E-state index is -1.02.